The zero-order chi connectivity index (χ0) is 12.8. The second-order valence-corrected chi connectivity index (χ2v) is 5.97. The van der Waals surface area contributed by atoms with Crippen LogP contribution in [-0.4, -0.2) is 14.5 Å². The van der Waals surface area contributed by atoms with Crippen LogP contribution in [0.2, 0.25) is 0 Å². The highest BCUT2D eigenvalue weighted by Crippen LogP contribution is 2.11. The fourth-order valence-electron chi connectivity index (χ4n) is 2.07. The molecule has 0 saturated heterocycles. The maximum absolute atomic E-state index is 10.4. The van der Waals surface area contributed by atoms with Gasteiger partial charge >= 0.3 is 0 Å². The Hall–Kier alpha value is 0.110. The van der Waals surface area contributed by atoms with Gasteiger partial charge in [-0.2, -0.15) is 0 Å². The van der Waals surface area contributed by atoms with Gasteiger partial charge in [0.25, 0.3) is 0 Å². The molecule has 0 spiro atoms. The lowest BCUT2D eigenvalue weighted by Gasteiger charge is -2.02. The Morgan fingerprint density at radius 1 is 0.706 bits per heavy atom. The molecule has 1 unspecified atom stereocenters. The van der Waals surface area contributed by atoms with E-state index in [-0.39, 0.29) is 0 Å². The van der Waals surface area contributed by atoms with E-state index >= 15 is 0 Å². The van der Waals surface area contributed by atoms with Crippen molar-refractivity contribution >= 4 is 11.1 Å². The maximum Gasteiger partial charge on any atom is 0.152 e. The Kier molecular flexibility index (Phi) is 14.3. The van der Waals surface area contributed by atoms with E-state index in [1.807, 2.05) is 0 Å². The molecule has 0 bridgehead atoms. The van der Waals surface area contributed by atoms with Gasteiger partial charge in [0.1, 0.15) is 0 Å². The first-order chi connectivity index (χ1) is 8.27. The minimum atomic E-state index is -1.58. The van der Waals surface area contributed by atoms with E-state index < -0.39 is 11.1 Å². The monoisotopic (exact) mass is 262 g/mol. The standard InChI is InChI=1S/C14H30O2S/c1-2-3-4-5-6-7-8-9-10-11-12-13-14-17(15)16/h2-14H2,1H3,(H,15,16). The number of unbranched alkanes of at least 4 members (excludes halogenated alkanes) is 11. The summed E-state index contributed by atoms with van der Waals surface area (Å²) in [6.45, 7) is 2.26. The first kappa shape index (κ1) is 17.1. The molecule has 0 aliphatic carbocycles. The second-order valence-electron chi connectivity index (χ2n) is 4.91. The molecule has 1 N–H and O–H groups in total. The van der Waals surface area contributed by atoms with Crippen LogP contribution in [0.4, 0.5) is 0 Å². The van der Waals surface area contributed by atoms with E-state index in [9.17, 15) is 4.21 Å². The van der Waals surface area contributed by atoms with Crippen LogP contribution >= 0.6 is 0 Å². The van der Waals surface area contributed by atoms with E-state index in [1.54, 1.807) is 0 Å². The molecule has 0 heterocycles. The molecule has 0 amide bonds. The zero-order valence-electron chi connectivity index (χ0n) is 11.5. The molecule has 3 heteroatoms. The van der Waals surface area contributed by atoms with Gasteiger partial charge < -0.3 is 4.55 Å². The summed E-state index contributed by atoms with van der Waals surface area (Å²) in [6, 6.07) is 0. The van der Waals surface area contributed by atoms with Gasteiger partial charge in [0, 0.05) is 5.75 Å². The van der Waals surface area contributed by atoms with Gasteiger partial charge in [0.05, 0.1) is 0 Å². The smallest absolute Gasteiger partial charge is 0.152 e. The first-order valence-corrected chi connectivity index (χ1v) is 8.62. The zero-order valence-corrected chi connectivity index (χ0v) is 12.3. The van der Waals surface area contributed by atoms with Gasteiger partial charge in [-0.05, 0) is 6.42 Å². The van der Waals surface area contributed by atoms with Crippen LogP contribution in [-0.2, 0) is 11.1 Å². The van der Waals surface area contributed by atoms with Crippen LogP contribution < -0.4 is 0 Å². The lowest BCUT2D eigenvalue weighted by molar-refractivity contribution is 0.541. The Balaban J connectivity index is 2.91. The minimum absolute atomic E-state index is 0.456. The number of hydrogen-bond donors (Lipinski definition) is 1. The van der Waals surface area contributed by atoms with Crippen molar-refractivity contribution in [2.45, 2.75) is 84.0 Å². The van der Waals surface area contributed by atoms with Crippen molar-refractivity contribution in [2.75, 3.05) is 5.75 Å². The minimum Gasteiger partial charge on any atom is -0.306 e. The molecule has 2 nitrogen and oxygen atoms in total. The molecular formula is C14H30O2S. The average Bonchev–Trinajstić information content (AvgIpc) is 2.30. The fourth-order valence-corrected chi connectivity index (χ4v) is 2.52. The quantitative estimate of drug-likeness (QED) is 0.378. The molecule has 0 aromatic heterocycles. The third-order valence-corrected chi connectivity index (χ3v) is 3.81. The third-order valence-electron chi connectivity index (χ3n) is 3.17. The van der Waals surface area contributed by atoms with Crippen molar-refractivity contribution in [1.29, 1.82) is 0 Å². The summed E-state index contributed by atoms with van der Waals surface area (Å²) in [5.74, 6) is 0.456. The summed E-state index contributed by atoms with van der Waals surface area (Å²) < 4.78 is 19.0. The highest BCUT2D eigenvalue weighted by molar-refractivity contribution is 7.79. The van der Waals surface area contributed by atoms with Crippen molar-refractivity contribution in [3.8, 4) is 0 Å². The lowest BCUT2D eigenvalue weighted by atomic mass is 10.1. The first-order valence-electron chi connectivity index (χ1n) is 7.35. The van der Waals surface area contributed by atoms with Crippen molar-refractivity contribution in [2.24, 2.45) is 0 Å². The summed E-state index contributed by atoms with van der Waals surface area (Å²) in [7, 11) is 0. The summed E-state index contributed by atoms with van der Waals surface area (Å²) in [6.07, 6.45) is 15.6. The van der Waals surface area contributed by atoms with Gasteiger partial charge in [-0.25, -0.2) is 4.21 Å². The number of hydrogen-bond acceptors (Lipinski definition) is 1. The fraction of sp³-hybridized carbons (Fsp3) is 1.00. The van der Waals surface area contributed by atoms with Gasteiger partial charge in [-0.15, -0.1) is 0 Å². The third kappa shape index (κ3) is 16.1. The molecule has 0 rings (SSSR count). The summed E-state index contributed by atoms with van der Waals surface area (Å²) in [5.41, 5.74) is 0. The predicted octanol–water partition coefficient (Wildman–Crippen LogP) is 4.91. The van der Waals surface area contributed by atoms with Gasteiger partial charge in [-0.1, -0.05) is 77.6 Å². The van der Waals surface area contributed by atoms with E-state index in [0.717, 1.165) is 12.8 Å². The summed E-state index contributed by atoms with van der Waals surface area (Å²) in [4.78, 5) is 0. The Morgan fingerprint density at radius 2 is 1.06 bits per heavy atom. The molecule has 0 aliphatic heterocycles. The molecule has 104 valence electrons. The van der Waals surface area contributed by atoms with Crippen LogP contribution in [0, 0.1) is 0 Å². The topological polar surface area (TPSA) is 37.3 Å². The van der Waals surface area contributed by atoms with Crippen LogP contribution in [0.25, 0.3) is 0 Å². The molecule has 0 saturated carbocycles. The molecule has 0 aromatic carbocycles. The van der Waals surface area contributed by atoms with Crippen molar-refractivity contribution < 1.29 is 8.76 Å². The van der Waals surface area contributed by atoms with E-state index in [1.165, 1.54) is 64.2 Å². The van der Waals surface area contributed by atoms with Crippen molar-refractivity contribution in [3.63, 3.8) is 0 Å². The molecule has 0 aromatic rings. The van der Waals surface area contributed by atoms with Crippen LogP contribution in [0.5, 0.6) is 0 Å². The van der Waals surface area contributed by atoms with Crippen LogP contribution in [0.3, 0.4) is 0 Å². The highest BCUT2D eigenvalue weighted by Gasteiger charge is 1.95. The average molecular weight is 262 g/mol. The molecule has 1 atom stereocenters. The predicted molar refractivity (Wildman–Crippen MR) is 76.7 cm³/mol. The molecule has 0 aliphatic rings. The molecular weight excluding hydrogens is 232 g/mol. The lowest BCUT2D eigenvalue weighted by Crippen LogP contribution is -1.94. The van der Waals surface area contributed by atoms with Gasteiger partial charge in [-0.3, -0.25) is 0 Å². The molecule has 0 radical (unpaired) electrons. The SMILES string of the molecule is CCCCCCCCCCCCCCS(=O)O. The van der Waals surface area contributed by atoms with Crippen molar-refractivity contribution in [1.82, 2.24) is 0 Å². The maximum atomic E-state index is 10.4. The van der Waals surface area contributed by atoms with E-state index in [4.69, 9.17) is 4.55 Å². The van der Waals surface area contributed by atoms with Gasteiger partial charge in [0.2, 0.25) is 0 Å². The Morgan fingerprint density at radius 3 is 1.41 bits per heavy atom. The Labute approximate surface area is 110 Å². The van der Waals surface area contributed by atoms with Crippen LogP contribution in [0.1, 0.15) is 84.0 Å². The number of rotatable bonds is 13. The van der Waals surface area contributed by atoms with Crippen molar-refractivity contribution in [3.05, 3.63) is 0 Å². The summed E-state index contributed by atoms with van der Waals surface area (Å²) in [5, 5.41) is 0. The van der Waals surface area contributed by atoms with E-state index in [2.05, 4.69) is 6.92 Å². The van der Waals surface area contributed by atoms with Gasteiger partial charge in [0.15, 0.2) is 11.1 Å². The normalized spacial score (nSPS) is 12.8. The summed E-state index contributed by atoms with van der Waals surface area (Å²) >= 11 is -1.58. The molecule has 0 fully saturated rings. The van der Waals surface area contributed by atoms with E-state index in [0.29, 0.717) is 5.75 Å². The van der Waals surface area contributed by atoms with Crippen LogP contribution in [0.15, 0.2) is 0 Å². The highest BCUT2D eigenvalue weighted by atomic mass is 32.2. The molecule has 17 heavy (non-hydrogen) atoms. The Bertz CT molecular complexity index is 172. The second kappa shape index (κ2) is 14.2. The largest absolute Gasteiger partial charge is 0.306 e.